The molecule has 0 radical (unpaired) electrons. The second-order valence-corrected chi connectivity index (χ2v) is 8.34. The summed E-state index contributed by atoms with van der Waals surface area (Å²) in [7, 11) is 0. The Hall–Kier alpha value is -2.63. The van der Waals surface area contributed by atoms with Gasteiger partial charge in [-0.2, -0.15) is 0 Å². The molecule has 1 aliphatic heterocycles. The number of ether oxygens (including phenoxy) is 2. The summed E-state index contributed by atoms with van der Waals surface area (Å²) >= 11 is 0. The van der Waals surface area contributed by atoms with E-state index in [4.69, 9.17) is 9.47 Å². The standard InChI is InChI=1S/C27H27F3O2/c1-2-3-4-5-18-16-31-27(32-17-18)20-8-6-19(7-9-20)21-10-11-25(26(30)14-21)22-12-23(28)15-24(29)13-22/h6-15,18,27H,2-5,16-17H2,1H3. The molecule has 0 amide bonds. The zero-order chi connectivity index (χ0) is 22.5. The Morgan fingerprint density at radius 2 is 1.41 bits per heavy atom. The zero-order valence-electron chi connectivity index (χ0n) is 18.1. The van der Waals surface area contributed by atoms with Crippen molar-refractivity contribution in [3.8, 4) is 22.3 Å². The highest BCUT2D eigenvalue weighted by Crippen LogP contribution is 2.31. The molecule has 5 heteroatoms. The maximum atomic E-state index is 14.7. The van der Waals surface area contributed by atoms with Gasteiger partial charge in [-0.05, 0) is 41.3 Å². The predicted molar refractivity (Wildman–Crippen MR) is 119 cm³/mol. The van der Waals surface area contributed by atoms with Crippen molar-refractivity contribution < 1.29 is 22.6 Å². The first kappa shape index (κ1) is 22.6. The van der Waals surface area contributed by atoms with Gasteiger partial charge >= 0.3 is 0 Å². The molecule has 0 spiro atoms. The van der Waals surface area contributed by atoms with Crippen LogP contribution in [-0.4, -0.2) is 13.2 Å². The van der Waals surface area contributed by atoms with Gasteiger partial charge in [0, 0.05) is 23.1 Å². The van der Waals surface area contributed by atoms with E-state index >= 15 is 0 Å². The minimum absolute atomic E-state index is 0.154. The van der Waals surface area contributed by atoms with E-state index in [1.54, 1.807) is 12.1 Å². The van der Waals surface area contributed by atoms with Gasteiger partial charge in [0.25, 0.3) is 0 Å². The maximum absolute atomic E-state index is 14.7. The van der Waals surface area contributed by atoms with Gasteiger partial charge in [-0.15, -0.1) is 0 Å². The summed E-state index contributed by atoms with van der Waals surface area (Å²) in [5.74, 6) is -1.56. The predicted octanol–water partition coefficient (Wildman–Crippen LogP) is 7.68. The van der Waals surface area contributed by atoms with Gasteiger partial charge in [-0.3, -0.25) is 0 Å². The summed E-state index contributed by atoms with van der Waals surface area (Å²) in [6.45, 7) is 3.59. The van der Waals surface area contributed by atoms with Gasteiger partial charge in [0.05, 0.1) is 13.2 Å². The van der Waals surface area contributed by atoms with Crippen LogP contribution in [-0.2, 0) is 9.47 Å². The molecule has 2 nitrogen and oxygen atoms in total. The third-order valence-electron chi connectivity index (χ3n) is 5.84. The molecule has 4 rings (SSSR count). The Bertz CT molecular complexity index is 1020. The van der Waals surface area contributed by atoms with Crippen LogP contribution in [0.3, 0.4) is 0 Å². The van der Waals surface area contributed by atoms with Gasteiger partial charge in [-0.25, -0.2) is 13.2 Å². The van der Waals surface area contributed by atoms with Crippen molar-refractivity contribution in [2.24, 2.45) is 5.92 Å². The molecule has 0 bridgehead atoms. The highest BCUT2D eigenvalue weighted by molar-refractivity contribution is 5.71. The SMILES string of the molecule is CCCCCC1COC(c2ccc(-c3ccc(-c4cc(F)cc(F)c4)c(F)c3)cc2)OC1. The Balaban J connectivity index is 1.43. The largest absolute Gasteiger partial charge is 0.348 e. The Kier molecular flexibility index (Phi) is 7.28. The molecule has 0 atom stereocenters. The van der Waals surface area contributed by atoms with Crippen LogP contribution in [0.15, 0.2) is 60.7 Å². The zero-order valence-corrected chi connectivity index (χ0v) is 18.1. The molecule has 1 heterocycles. The molecule has 3 aromatic rings. The van der Waals surface area contributed by atoms with Gasteiger partial charge in [0.1, 0.15) is 17.5 Å². The first-order chi connectivity index (χ1) is 15.5. The molecule has 3 aromatic carbocycles. The second kappa shape index (κ2) is 10.3. The number of hydrogen-bond donors (Lipinski definition) is 0. The molecular formula is C27H27F3O2. The number of halogens is 3. The van der Waals surface area contributed by atoms with Crippen LogP contribution in [0.1, 0.15) is 44.5 Å². The van der Waals surface area contributed by atoms with Gasteiger partial charge in [0.15, 0.2) is 6.29 Å². The van der Waals surface area contributed by atoms with E-state index in [1.807, 2.05) is 24.3 Å². The molecule has 0 unspecified atom stereocenters. The highest BCUT2D eigenvalue weighted by Gasteiger charge is 2.23. The number of rotatable bonds is 7. The number of hydrogen-bond acceptors (Lipinski definition) is 2. The fourth-order valence-corrected chi connectivity index (χ4v) is 4.06. The topological polar surface area (TPSA) is 18.5 Å². The van der Waals surface area contributed by atoms with Gasteiger partial charge in [0.2, 0.25) is 0 Å². The van der Waals surface area contributed by atoms with Crippen molar-refractivity contribution in [1.82, 2.24) is 0 Å². The summed E-state index contributed by atoms with van der Waals surface area (Å²) in [5, 5.41) is 0. The fraction of sp³-hybridized carbons (Fsp3) is 0.333. The lowest BCUT2D eigenvalue weighted by Crippen LogP contribution is -2.27. The van der Waals surface area contributed by atoms with Crippen LogP contribution >= 0.6 is 0 Å². The molecule has 0 aliphatic carbocycles. The van der Waals surface area contributed by atoms with Gasteiger partial charge in [-0.1, -0.05) is 62.6 Å². The molecule has 1 aliphatic rings. The van der Waals surface area contributed by atoms with Crippen molar-refractivity contribution in [3.63, 3.8) is 0 Å². The molecule has 168 valence electrons. The van der Waals surface area contributed by atoms with Crippen LogP contribution in [0, 0.1) is 23.4 Å². The fourth-order valence-electron chi connectivity index (χ4n) is 4.06. The van der Waals surface area contributed by atoms with Crippen molar-refractivity contribution in [3.05, 3.63) is 83.7 Å². The second-order valence-electron chi connectivity index (χ2n) is 8.34. The molecule has 32 heavy (non-hydrogen) atoms. The number of unbranched alkanes of at least 4 members (excludes halogenated alkanes) is 2. The maximum Gasteiger partial charge on any atom is 0.183 e. The average molecular weight is 441 g/mol. The summed E-state index contributed by atoms with van der Waals surface area (Å²) in [5.41, 5.74) is 2.75. The highest BCUT2D eigenvalue weighted by atomic mass is 19.1. The van der Waals surface area contributed by atoms with E-state index in [0.717, 1.165) is 35.7 Å². The Labute approximate surface area is 187 Å². The molecular weight excluding hydrogens is 413 g/mol. The number of benzene rings is 3. The van der Waals surface area contributed by atoms with Crippen molar-refractivity contribution in [1.29, 1.82) is 0 Å². The summed E-state index contributed by atoms with van der Waals surface area (Å²) < 4.78 is 53.5. The summed E-state index contributed by atoms with van der Waals surface area (Å²) in [6.07, 6.45) is 4.40. The molecule has 0 N–H and O–H groups in total. The quantitative estimate of drug-likeness (QED) is 0.351. The molecule has 1 fully saturated rings. The van der Waals surface area contributed by atoms with Crippen LogP contribution in [0.4, 0.5) is 13.2 Å². The summed E-state index contributed by atoms with van der Waals surface area (Å²) in [4.78, 5) is 0. The van der Waals surface area contributed by atoms with Crippen LogP contribution in [0.25, 0.3) is 22.3 Å². The first-order valence-corrected chi connectivity index (χ1v) is 11.1. The van der Waals surface area contributed by atoms with Crippen molar-refractivity contribution in [2.45, 2.75) is 38.9 Å². The van der Waals surface area contributed by atoms with Crippen molar-refractivity contribution >= 4 is 0 Å². The van der Waals surface area contributed by atoms with Gasteiger partial charge < -0.3 is 9.47 Å². The van der Waals surface area contributed by atoms with E-state index in [2.05, 4.69) is 6.92 Å². The van der Waals surface area contributed by atoms with E-state index < -0.39 is 17.5 Å². The smallest absolute Gasteiger partial charge is 0.183 e. The van der Waals surface area contributed by atoms with E-state index in [-0.39, 0.29) is 17.4 Å². The Morgan fingerprint density at radius 3 is 2.03 bits per heavy atom. The molecule has 0 aromatic heterocycles. The third-order valence-corrected chi connectivity index (χ3v) is 5.84. The van der Waals surface area contributed by atoms with Crippen LogP contribution < -0.4 is 0 Å². The third kappa shape index (κ3) is 5.40. The van der Waals surface area contributed by atoms with Crippen LogP contribution in [0.5, 0.6) is 0 Å². The minimum Gasteiger partial charge on any atom is -0.348 e. The van der Waals surface area contributed by atoms with E-state index in [1.165, 1.54) is 25.3 Å². The van der Waals surface area contributed by atoms with E-state index in [9.17, 15) is 13.2 Å². The first-order valence-electron chi connectivity index (χ1n) is 11.1. The van der Waals surface area contributed by atoms with Crippen LogP contribution in [0.2, 0.25) is 0 Å². The molecule has 0 saturated carbocycles. The minimum atomic E-state index is -0.738. The Morgan fingerprint density at radius 1 is 0.750 bits per heavy atom. The molecule has 1 saturated heterocycles. The monoisotopic (exact) mass is 440 g/mol. The van der Waals surface area contributed by atoms with Crippen molar-refractivity contribution in [2.75, 3.05) is 13.2 Å². The lowest BCUT2D eigenvalue weighted by atomic mass is 9.98. The lowest BCUT2D eigenvalue weighted by Gasteiger charge is -2.29. The summed E-state index contributed by atoms with van der Waals surface area (Å²) in [6, 6.07) is 15.3. The average Bonchev–Trinajstić information content (AvgIpc) is 2.79. The van der Waals surface area contributed by atoms with E-state index in [0.29, 0.717) is 24.7 Å². The normalized spacial score (nSPS) is 18.6. The lowest BCUT2D eigenvalue weighted by molar-refractivity contribution is -0.206.